The van der Waals surface area contributed by atoms with Gasteiger partial charge in [-0.05, 0) is 28.9 Å². The first-order chi connectivity index (χ1) is 8.04. The zero-order valence-corrected chi connectivity index (χ0v) is 11.8. The van der Waals surface area contributed by atoms with Gasteiger partial charge in [-0.25, -0.2) is 0 Å². The minimum atomic E-state index is -1.68. The quantitative estimate of drug-likeness (QED) is 0.312. The van der Waals surface area contributed by atoms with Crippen molar-refractivity contribution in [3.63, 3.8) is 0 Å². The Hall–Kier alpha value is 0.150. The summed E-state index contributed by atoms with van der Waals surface area (Å²) in [5, 5.41) is 9.23. The molecule has 100 valence electrons. The van der Waals surface area contributed by atoms with Crippen LogP contribution in [-0.2, 0) is 9.47 Å². The lowest BCUT2D eigenvalue weighted by atomic mass is 10.4. The molecule has 0 amide bonds. The van der Waals surface area contributed by atoms with Crippen LogP contribution in [0.25, 0.3) is 0 Å². The minimum absolute atomic E-state index is 0.221. The van der Waals surface area contributed by atoms with Crippen molar-refractivity contribution in [3.05, 3.63) is 12.7 Å². The Kier molecular flexibility index (Phi) is 18.5. The SMILES string of the molecule is C#CCOCC(O)COCCC=C.OP(Cl)Cl. The summed E-state index contributed by atoms with van der Waals surface area (Å²) in [5.41, 5.74) is 0. The third-order valence-corrected chi connectivity index (χ3v) is 1.27. The van der Waals surface area contributed by atoms with Crippen molar-refractivity contribution in [2.24, 2.45) is 0 Å². The molecule has 2 N–H and O–H groups in total. The average molecular weight is 303 g/mol. The Morgan fingerprint density at radius 2 is 1.94 bits per heavy atom. The molecule has 0 saturated carbocycles. The smallest absolute Gasteiger partial charge is 0.222 e. The summed E-state index contributed by atoms with van der Waals surface area (Å²) in [7, 11) is 0. The maximum absolute atomic E-state index is 9.23. The van der Waals surface area contributed by atoms with Crippen molar-refractivity contribution in [3.8, 4) is 12.3 Å². The predicted molar refractivity (Wildman–Crippen MR) is 72.1 cm³/mol. The third kappa shape index (κ3) is 26.0. The van der Waals surface area contributed by atoms with E-state index in [0.29, 0.717) is 6.61 Å². The van der Waals surface area contributed by atoms with E-state index in [9.17, 15) is 5.11 Å². The van der Waals surface area contributed by atoms with E-state index in [-0.39, 0.29) is 19.8 Å². The highest BCUT2D eigenvalue weighted by Gasteiger charge is 2.02. The van der Waals surface area contributed by atoms with Crippen LogP contribution in [0.4, 0.5) is 0 Å². The zero-order chi connectivity index (χ0) is 13.5. The standard InChI is InChI=1S/C10H16O3.Cl2HOP/c1-3-5-7-13-9-10(11)8-12-6-4-2;1-4(2)3/h2-3,10-11H,1,5-9H2;3H. The lowest BCUT2D eigenvalue weighted by molar-refractivity contribution is -0.0109. The molecule has 17 heavy (non-hydrogen) atoms. The molecule has 0 aromatic rings. The summed E-state index contributed by atoms with van der Waals surface area (Å²) in [6, 6.07) is 0. The van der Waals surface area contributed by atoms with Gasteiger partial charge in [-0.2, -0.15) is 0 Å². The molecule has 0 aliphatic heterocycles. The van der Waals surface area contributed by atoms with Crippen molar-refractivity contribution < 1.29 is 19.5 Å². The van der Waals surface area contributed by atoms with Crippen molar-refractivity contribution in [2.45, 2.75) is 12.5 Å². The maximum Gasteiger partial charge on any atom is 0.222 e. The fraction of sp³-hybridized carbons (Fsp3) is 0.600. The molecule has 0 aliphatic carbocycles. The van der Waals surface area contributed by atoms with Gasteiger partial charge in [0.15, 0.2) is 0 Å². The molecule has 0 radical (unpaired) electrons. The van der Waals surface area contributed by atoms with Gasteiger partial charge in [-0.3, -0.25) is 0 Å². The van der Waals surface area contributed by atoms with E-state index in [2.05, 4.69) is 35.0 Å². The summed E-state index contributed by atoms with van der Waals surface area (Å²) in [6.07, 6.45) is 6.91. The minimum Gasteiger partial charge on any atom is -0.388 e. The van der Waals surface area contributed by atoms with E-state index in [0.717, 1.165) is 6.42 Å². The van der Waals surface area contributed by atoms with E-state index < -0.39 is 13.0 Å². The largest absolute Gasteiger partial charge is 0.388 e. The molecule has 0 bridgehead atoms. The second kappa shape index (κ2) is 16.1. The van der Waals surface area contributed by atoms with Gasteiger partial charge >= 0.3 is 0 Å². The summed E-state index contributed by atoms with van der Waals surface area (Å²) >= 11 is 9.32. The number of hydrogen-bond donors (Lipinski definition) is 2. The van der Waals surface area contributed by atoms with Crippen molar-refractivity contribution >= 4 is 29.3 Å². The lowest BCUT2D eigenvalue weighted by Gasteiger charge is -2.09. The fourth-order valence-electron chi connectivity index (χ4n) is 0.688. The number of aliphatic hydroxyl groups excluding tert-OH is 1. The second-order valence-corrected chi connectivity index (χ2v) is 5.61. The topological polar surface area (TPSA) is 58.9 Å². The molecule has 0 aromatic heterocycles. The predicted octanol–water partition coefficient (Wildman–Crippen LogP) is 2.27. The van der Waals surface area contributed by atoms with E-state index in [4.69, 9.17) is 20.8 Å². The molecule has 1 unspecified atom stereocenters. The van der Waals surface area contributed by atoms with E-state index in [1.165, 1.54) is 0 Å². The summed E-state index contributed by atoms with van der Waals surface area (Å²) in [6.45, 7) is 3.17. The Balaban J connectivity index is 0. The van der Waals surface area contributed by atoms with Crippen molar-refractivity contribution in [1.82, 2.24) is 0 Å². The molecule has 0 fully saturated rings. The molecule has 0 aromatic carbocycles. The van der Waals surface area contributed by atoms with Crippen LogP contribution in [0.2, 0.25) is 0 Å². The Labute approximate surface area is 113 Å². The number of aliphatic hydroxyl groups is 1. The number of hydrogen-bond acceptors (Lipinski definition) is 4. The van der Waals surface area contributed by atoms with E-state index >= 15 is 0 Å². The van der Waals surface area contributed by atoms with Gasteiger partial charge in [0.05, 0.1) is 19.8 Å². The summed E-state index contributed by atoms with van der Waals surface area (Å²) in [5.74, 6) is 2.31. The Morgan fingerprint density at radius 3 is 2.41 bits per heavy atom. The Bertz CT molecular complexity index is 206. The molecular weight excluding hydrogens is 286 g/mol. The van der Waals surface area contributed by atoms with Gasteiger partial charge in [0.25, 0.3) is 0 Å². The number of rotatable bonds is 8. The van der Waals surface area contributed by atoms with Crippen LogP contribution in [0.5, 0.6) is 0 Å². The van der Waals surface area contributed by atoms with Crippen LogP contribution in [0.15, 0.2) is 12.7 Å². The maximum atomic E-state index is 9.23. The summed E-state index contributed by atoms with van der Waals surface area (Å²) in [4.78, 5) is 7.65. The van der Waals surface area contributed by atoms with Crippen LogP contribution in [0.1, 0.15) is 6.42 Å². The van der Waals surface area contributed by atoms with Crippen LogP contribution >= 0.6 is 29.3 Å². The van der Waals surface area contributed by atoms with Crippen molar-refractivity contribution in [2.75, 3.05) is 26.4 Å². The second-order valence-electron chi connectivity index (χ2n) is 2.74. The van der Waals surface area contributed by atoms with Gasteiger partial charge in [0.2, 0.25) is 6.85 Å². The highest BCUT2D eigenvalue weighted by molar-refractivity contribution is 7.99. The van der Waals surface area contributed by atoms with Gasteiger partial charge in [-0.15, -0.1) is 13.0 Å². The van der Waals surface area contributed by atoms with Gasteiger partial charge in [0, 0.05) is 0 Å². The molecule has 1 atom stereocenters. The first kappa shape index (κ1) is 19.5. The normalized spacial score (nSPS) is 11.3. The van der Waals surface area contributed by atoms with Crippen LogP contribution in [0.3, 0.4) is 0 Å². The number of ether oxygens (including phenoxy) is 2. The van der Waals surface area contributed by atoms with Gasteiger partial charge in [-0.1, -0.05) is 12.0 Å². The number of halogens is 2. The molecular formula is C10H17Cl2O4P. The Morgan fingerprint density at radius 1 is 1.41 bits per heavy atom. The van der Waals surface area contributed by atoms with Crippen LogP contribution in [0, 0.1) is 12.3 Å². The zero-order valence-electron chi connectivity index (χ0n) is 9.39. The van der Waals surface area contributed by atoms with E-state index in [1.807, 2.05) is 0 Å². The third-order valence-electron chi connectivity index (χ3n) is 1.27. The monoisotopic (exact) mass is 302 g/mol. The molecule has 7 heteroatoms. The average Bonchev–Trinajstić information content (AvgIpc) is 2.24. The highest BCUT2D eigenvalue weighted by atomic mass is 35.9. The molecule has 0 saturated heterocycles. The highest BCUT2D eigenvalue weighted by Crippen LogP contribution is 2.40. The molecule has 0 heterocycles. The molecule has 4 nitrogen and oxygen atoms in total. The first-order valence-electron chi connectivity index (χ1n) is 4.73. The van der Waals surface area contributed by atoms with Gasteiger partial charge < -0.3 is 19.5 Å². The fourth-order valence-corrected chi connectivity index (χ4v) is 0.688. The van der Waals surface area contributed by atoms with E-state index in [1.54, 1.807) is 6.08 Å². The molecule has 0 aliphatic rings. The van der Waals surface area contributed by atoms with Crippen molar-refractivity contribution in [1.29, 1.82) is 0 Å². The van der Waals surface area contributed by atoms with Crippen LogP contribution < -0.4 is 0 Å². The van der Waals surface area contributed by atoms with Crippen LogP contribution in [-0.4, -0.2) is 42.5 Å². The lowest BCUT2D eigenvalue weighted by Crippen LogP contribution is -2.22. The first-order valence-corrected chi connectivity index (χ1v) is 7.83. The number of terminal acetylenes is 1. The molecule has 0 rings (SSSR count). The molecule has 0 spiro atoms. The summed E-state index contributed by atoms with van der Waals surface area (Å²) < 4.78 is 10.0. The van der Waals surface area contributed by atoms with Gasteiger partial charge in [0.1, 0.15) is 12.7 Å².